The van der Waals surface area contributed by atoms with Crippen molar-refractivity contribution in [3.05, 3.63) is 68.8 Å². The summed E-state index contributed by atoms with van der Waals surface area (Å²) in [5.41, 5.74) is 1.16. The molecule has 29 heavy (non-hydrogen) atoms. The highest BCUT2D eigenvalue weighted by atomic mass is 16.5. The molecule has 0 aliphatic carbocycles. The fourth-order valence-electron chi connectivity index (χ4n) is 3.54. The molecule has 0 bridgehead atoms. The summed E-state index contributed by atoms with van der Waals surface area (Å²) in [6.45, 7) is 5.02. The number of para-hydroxylation sites is 2. The van der Waals surface area contributed by atoms with Crippen molar-refractivity contribution in [3.8, 4) is 0 Å². The van der Waals surface area contributed by atoms with E-state index in [4.69, 9.17) is 9.47 Å². The Morgan fingerprint density at radius 3 is 2.41 bits per heavy atom. The van der Waals surface area contributed by atoms with Crippen molar-refractivity contribution < 1.29 is 23.5 Å². The monoisotopic (exact) mass is 399 g/mol. The van der Waals surface area contributed by atoms with Crippen LogP contribution < -0.4 is 9.74 Å². The molecule has 1 atom stereocenters. The van der Waals surface area contributed by atoms with Gasteiger partial charge in [-0.25, -0.2) is 9.59 Å². The van der Waals surface area contributed by atoms with Crippen LogP contribution in [0, 0.1) is 10.1 Å². The van der Waals surface area contributed by atoms with Gasteiger partial charge < -0.3 is 24.7 Å². The molecule has 1 aliphatic heterocycles. The molecule has 2 aromatic rings. The smallest absolute Gasteiger partial charge is 0.336 e. The van der Waals surface area contributed by atoms with Gasteiger partial charge in [-0.1, -0.05) is 12.1 Å². The third kappa shape index (κ3) is 3.35. The van der Waals surface area contributed by atoms with Crippen LogP contribution in [0.25, 0.3) is 11.0 Å². The van der Waals surface area contributed by atoms with Crippen LogP contribution in [0.4, 0.5) is 0 Å². The normalized spacial score (nSPS) is 16.6. The second-order valence-corrected chi connectivity index (χ2v) is 6.51. The van der Waals surface area contributed by atoms with Crippen LogP contribution in [-0.4, -0.2) is 30.4 Å². The number of nitrogens with zero attached hydrogens (tertiary/aromatic N) is 2. The number of methoxy groups -OCH3 is 1. The molecule has 1 N–H and O–H groups in total. The summed E-state index contributed by atoms with van der Waals surface area (Å²) < 4.78 is 11.1. The van der Waals surface area contributed by atoms with Crippen molar-refractivity contribution in [3.63, 3.8) is 0 Å². The number of aromatic nitrogens is 2. The highest BCUT2D eigenvalue weighted by molar-refractivity contribution is 5.99. The lowest BCUT2D eigenvalue weighted by Gasteiger charge is -2.31. The van der Waals surface area contributed by atoms with Crippen molar-refractivity contribution in [2.75, 3.05) is 13.7 Å². The predicted octanol–water partition coefficient (Wildman–Crippen LogP) is 1.87. The average Bonchev–Trinajstić information content (AvgIpc) is 2.69. The van der Waals surface area contributed by atoms with Crippen molar-refractivity contribution in [2.45, 2.75) is 26.7 Å². The minimum Gasteiger partial charge on any atom is -0.805 e. The topological polar surface area (TPSA) is 116 Å². The van der Waals surface area contributed by atoms with Gasteiger partial charge in [-0.05, 0) is 26.8 Å². The zero-order valence-electron chi connectivity index (χ0n) is 16.5. The Kier molecular flexibility index (Phi) is 5.40. The van der Waals surface area contributed by atoms with Crippen LogP contribution in [-0.2, 0) is 19.1 Å². The number of rotatable bonds is 4. The quantitative estimate of drug-likeness (QED) is 0.616. The van der Waals surface area contributed by atoms with Gasteiger partial charge in [0.15, 0.2) is 0 Å². The molecule has 0 radical (unpaired) electrons. The highest BCUT2D eigenvalue weighted by Gasteiger charge is 2.40. The highest BCUT2D eigenvalue weighted by Crippen LogP contribution is 2.39. The fraction of sp³-hybridized carbons (Fsp3) is 0.300. The number of hydrogen-bond donors (Lipinski definition) is 1. The van der Waals surface area contributed by atoms with Gasteiger partial charge in [0.25, 0.3) is 5.52 Å². The van der Waals surface area contributed by atoms with Gasteiger partial charge in [0, 0.05) is 22.4 Å². The molecule has 1 aromatic carbocycles. The van der Waals surface area contributed by atoms with E-state index in [9.17, 15) is 19.7 Å². The number of esters is 2. The Labute approximate surface area is 166 Å². The lowest BCUT2D eigenvalue weighted by atomic mass is 9.83. The minimum absolute atomic E-state index is 0.0565. The summed E-state index contributed by atoms with van der Waals surface area (Å²) in [6, 6.07) is 6.27. The molecule has 0 fully saturated rings. The van der Waals surface area contributed by atoms with E-state index in [1.165, 1.54) is 19.2 Å². The zero-order valence-corrected chi connectivity index (χ0v) is 16.5. The SMILES string of the molecule is CCOC(=O)C1=C(C)NC(C)=C(C(=O)OC)C1c1c[n+](=O)c2ccccc2n1[O-]. The molecule has 1 aliphatic rings. The molecule has 9 heteroatoms. The van der Waals surface area contributed by atoms with Gasteiger partial charge in [-0.2, -0.15) is 0 Å². The molecule has 0 amide bonds. The Balaban J connectivity index is 2.36. The van der Waals surface area contributed by atoms with Crippen LogP contribution >= 0.6 is 0 Å². The Morgan fingerprint density at radius 2 is 1.79 bits per heavy atom. The van der Waals surface area contributed by atoms with Crippen molar-refractivity contribution in [2.24, 2.45) is 0 Å². The molecule has 3 rings (SSSR count). The molecule has 9 nitrogen and oxygen atoms in total. The number of ether oxygens (including phenoxy) is 2. The first-order valence-corrected chi connectivity index (χ1v) is 9.00. The van der Waals surface area contributed by atoms with E-state index in [0.717, 1.165) is 6.20 Å². The third-order valence-electron chi connectivity index (χ3n) is 4.78. The van der Waals surface area contributed by atoms with Crippen LogP contribution in [0.3, 0.4) is 0 Å². The van der Waals surface area contributed by atoms with Gasteiger partial charge in [0.1, 0.15) is 5.52 Å². The van der Waals surface area contributed by atoms with Gasteiger partial charge in [-0.15, -0.1) is 0 Å². The molecular formula is C20H21N3O6. The third-order valence-corrected chi connectivity index (χ3v) is 4.78. The first-order valence-electron chi connectivity index (χ1n) is 9.00. The Hall–Kier alpha value is -3.62. The molecule has 0 saturated heterocycles. The van der Waals surface area contributed by atoms with E-state index in [1.807, 2.05) is 0 Å². The molecule has 1 unspecified atom stereocenters. The summed E-state index contributed by atoms with van der Waals surface area (Å²) in [5, 5.41) is 16.1. The number of carbonyl (C=O) groups excluding carboxylic acids is 2. The van der Waals surface area contributed by atoms with E-state index >= 15 is 0 Å². The maximum Gasteiger partial charge on any atom is 0.336 e. The number of carbonyl (C=O) groups is 2. The van der Waals surface area contributed by atoms with Gasteiger partial charge in [0.05, 0.1) is 40.9 Å². The number of allylic oxidation sites excluding steroid dienone is 2. The lowest BCUT2D eigenvalue weighted by Crippen LogP contribution is -2.34. The first kappa shape index (κ1) is 20.1. The second-order valence-electron chi connectivity index (χ2n) is 6.51. The molecule has 1 aromatic heterocycles. The van der Waals surface area contributed by atoms with Crippen molar-refractivity contribution >= 4 is 23.0 Å². The summed E-state index contributed by atoms with van der Waals surface area (Å²) in [7, 11) is 1.20. The molecular weight excluding hydrogens is 378 g/mol. The van der Waals surface area contributed by atoms with E-state index in [0.29, 0.717) is 20.6 Å². The summed E-state index contributed by atoms with van der Waals surface area (Å²) in [6.07, 6.45) is 1.08. The first-order chi connectivity index (χ1) is 13.8. The predicted molar refractivity (Wildman–Crippen MR) is 104 cm³/mol. The zero-order chi connectivity index (χ0) is 21.3. The molecule has 0 spiro atoms. The Morgan fingerprint density at radius 1 is 1.17 bits per heavy atom. The van der Waals surface area contributed by atoms with Gasteiger partial charge in [-0.3, -0.25) is 0 Å². The molecule has 0 saturated carbocycles. The van der Waals surface area contributed by atoms with Crippen molar-refractivity contribution in [1.82, 2.24) is 10.0 Å². The number of benzene rings is 1. The number of nitrogens with one attached hydrogen (secondary N) is 1. The van der Waals surface area contributed by atoms with E-state index in [1.54, 1.807) is 32.9 Å². The summed E-state index contributed by atoms with van der Waals surface area (Å²) >= 11 is 0. The van der Waals surface area contributed by atoms with Crippen LogP contribution in [0.1, 0.15) is 32.4 Å². The standard InChI is InChI=1S/C20H21N3O6/c1-5-29-20(25)17-12(3)21-11(2)16(19(24)28-4)18(17)15-10-22(26)13-8-6-7-9-14(13)23(15)27/h6-10,18,21H,5H2,1-4H3. The van der Waals surface area contributed by atoms with Crippen LogP contribution in [0.5, 0.6) is 0 Å². The van der Waals surface area contributed by atoms with Gasteiger partial charge in [0.2, 0.25) is 6.20 Å². The minimum atomic E-state index is -1.13. The van der Waals surface area contributed by atoms with Crippen molar-refractivity contribution in [1.29, 1.82) is 0 Å². The van der Waals surface area contributed by atoms with Crippen LogP contribution in [0.15, 0.2) is 53.0 Å². The lowest BCUT2D eigenvalue weighted by molar-refractivity contribution is -0.465. The second kappa shape index (κ2) is 7.78. The Bertz CT molecular complexity index is 1130. The van der Waals surface area contributed by atoms with Crippen LogP contribution in [0.2, 0.25) is 0 Å². The number of fused-ring (bicyclic) bond motifs is 1. The van der Waals surface area contributed by atoms with E-state index in [-0.39, 0.29) is 34.5 Å². The number of hydrogen-bond acceptors (Lipinski definition) is 7. The molecule has 152 valence electrons. The summed E-state index contributed by atoms with van der Waals surface area (Å²) in [5.74, 6) is -2.55. The average molecular weight is 399 g/mol. The number of dihydropyridines is 1. The fourth-order valence-corrected chi connectivity index (χ4v) is 3.54. The largest absolute Gasteiger partial charge is 0.805 e. The van der Waals surface area contributed by atoms with Gasteiger partial charge >= 0.3 is 11.9 Å². The maximum absolute atomic E-state index is 13.2. The maximum atomic E-state index is 13.2. The van der Waals surface area contributed by atoms with E-state index in [2.05, 4.69) is 5.32 Å². The summed E-state index contributed by atoms with van der Waals surface area (Å²) in [4.78, 5) is 37.9. The van der Waals surface area contributed by atoms with E-state index < -0.39 is 17.9 Å². The molecule has 2 heterocycles.